The van der Waals surface area contributed by atoms with Gasteiger partial charge in [-0.15, -0.1) is 0 Å². The Morgan fingerprint density at radius 3 is 2.30 bits per heavy atom. The first kappa shape index (κ1) is 37.0. The zero-order chi connectivity index (χ0) is 37.4. The standard InChI is InChI=1S/C40H51FN6O6/c1-38(2,3)53-37(51)42-39-12-14-40(15-13-39,52-26-39)24-27-10-16-45(17-11-27)25-34(48)46-18-20-47(21-19-46)36(50)31-22-28(8-9-32(31)41)23-33-29-6-4-5-7-30(29)35(49)44-43-33/h4-9,22,27H,10-21,23-26H2,1-3H3,(H,42,51)(H,44,49). The quantitative estimate of drug-likeness (QED) is 0.342. The van der Waals surface area contributed by atoms with Crippen molar-refractivity contribution < 1.29 is 28.2 Å². The highest BCUT2D eigenvalue weighted by atomic mass is 19.1. The lowest BCUT2D eigenvalue weighted by Crippen LogP contribution is -2.63. The number of carbonyl (C=O) groups is 3. The lowest BCUT2D eigenvalue weighted by Gasteiger charge is -2.54. The third-order valence-corrected chi connectivity index (χ3v) is 11.6. The molecule has 5 heterocycles. The summed E-state index contributed by atoms with van der Waals surface area (Å²) in [5, 5.41) is 11.1. The Kier molecular flexibility index (Phi) is 10.3. The summed E-state index contributed by atoms with van der Waals surface area (Å²) in [6.07, 6.45) is 6.64. The number of H-pyrrole nitrogens is 1. The molecule has 3 amide bonds. The number of likely N-dealkylation sites (tertiary alicyclic amines) is 1. The molecule has 1 aliphatic carbocycles. The molecule has 4 saturated heterocycles. The van der Waals surface area contributed by atoms with Gasteiger partial charge in [0.15, 0.2) is 0 Å². The molecule has 12 nitrogen and oxygen atoms in total. The van der Waals surface area contributed by atoms with Crippen LogP contribution in [0.3, 0.4) is 0 Å². The van der Waals surface area contributed by atoms with Gasteiger partial charge in [0.05, 0.1) is 40.9 Å². The van der Waals surface area contributed by atoms with Crippen molar-refractivity contribution in [3.8, 4) is 0 Å². The maximum Gasteiger partial charge on any atom is 0.408 e. The highest BCUT2D eigenvalue weighted by molar-refractivity contribution is 5.95. The number of ether oxygens (including phenoxy) is 2. The number of aromatic amines is 1. The van der Waals surface area contributed by atoms with E-state index in [9.17, 15) is 23.6 Å². The van der Waals surface area contributed by atoms with Crippen molar-refractivity contribution in [2.24, 2.45) is 5.92 Å². The van der Waals surface area contributed by atoms with Gasteiger partial charge in [0, 0.05) is 38.0 Å². The minimum absolute atomic E-state index is 0.0120. The number of halogens is 1. The highest BCUT2D eigenvalue weighted by Crippen LogP contribution is 2.47. The predicted molar refractivity (Wildman–Crippen MR) is 197 cm³/mol. The lowest BCUT2D eigenvalue weighted by atomic mass is 9.67. The van der Waals surface area contributed by atoms with E-state index in [0.29, 0.717) is 73.7 Å². The second-order valence-corrected chi connectivity index (χ2v) is 16.5. The van der Waals surface area contributed by atoms with Crippen LogP contribution in [-0.2, 0) is 20.7 Å². The molecule has 0 atom stereocenters. The number of aromatic nitrogens is 2. The van der Waals surface area contributed by atoms with Crippen molar-refractivity contribution in [3.05, 3.63) is 75.5 Å². The predicted octanol–water partition coefficient (Wildman–Crippen LogP) is 4.65. The second kappa shape index (κ2) is 14.8. The molecular weight excluding hydrogens is 679 g/mol. The molecular formula is C40H51FN6O6. The zero-order valence-electron chi connectivity index (χ0n) is 31.0. The van der Waals surface area contributed by atoms with Gasteiger partial charge in [-0.05, 0) is 108 Å². The van der Waals surface area contributed by atoms with E-state index in [1.54, 1.807) is 29.2 Å². The van der Waals surface area contributed by atoms with Gasteiger partial charge in [0.25, 0.3) is 11.5 Å². The Bertz CT molecular complexity index is 1880. The molecule has 1 saturated carbocycles. The van der Waals surface area contributed by atoms with Crippen molar-refractivity contribution in [1.82, 2.24) is 30.2 Å². The summed E-state index contributed by atoms with van der Waals surface area (Å²) in [5.41, 5.74) is 0.0466. The van der Waals surface area contributed by atoms with Gasteiger partial charge in [-0.3, -0.25) is 19.3 Å². The third-order valence-electron chi connectivity index (χ3n) is 11.6. The number of hydrogen-bond donors (Lipinski definition) is 2. The summed E-state index contributed by atoms with van der Waals surface area (Å²) < 4.78 is 27.0. The Morgan fingerprint density at radius 1 is 0.962 bits per heavy atom. The topological polar surface area (TPSA) is 137 Å². The monoisotopic (exact) mass is 730 g/mol. The number of piperidine rings is 1. The van der Waals surface area contributed by atoms with Crippen LogP contribution in [0.5, 0.6) is 0 Å². The van der Waals surface area contributed by atoms with E-state index in [1.165, 1.54) is 6.07 Å². The summed E-state index contributed by atoms with van der Waals surface area (Å²) in [6.45, 7) is 9.66. The zero-order valence-corrected chi connectivity index (χ0v) is 31.0. The summed E-state index contributed by atoms with van der Waals surface area (Å²) >= 11 is 0. The summed E-state index contributed by atoms with van der Waals surface area (Å²) in [4.78, 5) is 57.1. The Labute approximate surface area is 309 Å². The average molecular weight is 731 g/mol. The molecule has 13 heteroatoms. The fraction of sp³-hybridized carbons (Fsp3) is 0.575. The number of carbonyl (C=O) groups excluding carboxylic acids is 3. The number of hydrogen-bond acceptors (Lipinski definition) is 8. The molecule has 2 N–H and O–H groups in total. The van der Waals surface area contributed by atoms with Crippen LogP contribution in [0, 0.1) is 11.7 Å². The molecule has 2 aromatic carbocycles. The Balaban J connectivity index is 0.854. The number of nitrogens with zero attached hydrogens (tertiary/aromatic N) is 4. The number of amides is 3. The smallest absolute Gasteiger partial charge is 0.408 e. The van der Waals surface area contributed by atoms with E-state index in [2.05, 4.69) is 20.4 Å². The van der Waals surface area contributed by atoms with Crippen molar-refractivity contribution >= 4 is 28.7 Å². The highest BCUT2D eigenvalue weighted by Gasteiger charge is 2.51. The van der Waals surface area contributed by atoms with Crippen molar-refractivity contribution in [1.29, 1.82) is 0 Å². The molecule has 53 heavy (non-hydrogen) atoms. The van der Waals surface area contributed by atoms with Gasteiger partial charge in [0.2, 0.25) is 5.91 Å². The van der Waals surface area contributed by atoms with E-state index in [0.717, 1.165) is 58.0 Å². The van der Waals surface area contributed by atoms with Crippen molar-refractivity contribution in [2.75, 3.05) is 52.4 Å². The fourth-order valence-electron chi connectivity index (χ4n) is 8.55. The van der Waals surface area contributed by atoms with Crippen LogP contribution in [0.4, 0.5) is 9.18 Å². The number of alkyl carbamates (subject to hydrolysis) is 1. The SMILES string of the molecule is CC(C)(C)OC(=O)NC12CCC(CC3CCN(CC(=O)N4CCN(C(=O)c5cc(Cc6n[nH]c(=O)c7ccccc67)ccc5F)CC4)CC3)(CC1)OC2. The molecule has 5 fully saturated rings. The molecule has 5 aliphatic rings. The molecule has 0 spiro atoms. The number of nitrogens with one attached hydrogen (secondary N) is 2. The minimum atomic E-state index is -0.596. The molecule has 0 radical (unpaired) electrons. The second-order valence-electron chi connectivity index (χ2n) is 16.5. The normalized spacial score (nSPS) is 24.0. The van der Waals surface area contributed by atoms with Gasteiger partial charge >= 0.3 is 6.09 Å². The lowest BCUT2D eigenvalue weighted by molar-refractivity contribution is -0.171. The van der Waals surface area contributed by atoms with Crippen LogP contribution in [0.2, 0.25) is 0 Å². The van der Waals surface area contributed by atoms with E-state index in [4.69, 9.17) is 9.47 Å². The number of fused-ring (bicyclic) bond motifs is 4. The van der Waals surface area contributed by atoms with Crippen molar-refractivity contribution in [2.45, 2.75) is 88.9 Å². The number of rotatable bonds is 8. The van der Waals surface area contributed by atoms with E-state index < -0.39 is 17.3 Å². The van der Waals surface area contributed by atoms with Gasteiger partial charge in [-0.25, -0.2) is 14.3 Å². The average Bonchev–Trinajstić information content (AvgIpc) is 3.14. The van der Waals surface area contributed by atoms with Gasteiger partial charge < -0.3 is 24.6 Å². The molecule has 3 aromatic rings. The first-order chi connectivity index (χ1) is 25.3. The van der Waals surface area contributed by atoms with Crippen LogP contribution in [-0.4, -0.2) is 112 Å². The van der Waals surface area contributed by atoms with Gasteiger partial charge in [-0.1, -0.05) is 24.3 Å². The van der Waals surface area contributed by atoms with Crippen LogP contribution >= 0.6 is 0 Å². The van der Waals surface area contributed by atoms with Crippen LogP contribution < -0.4 is 10.9 Å². The molecule has 8 rings (SSSR count). The maximum atomic E-state index is 15.0. The molecule has 1 aromatic heterocycles. The first-order valence-electron chi connectivity index (χ1n) is 19.0. The summed E-state index contributed by atoms with van der Waals surface area (Å²) in [5.74, 6) is -0.408. The number of benzene rings is 2. The molecule has 0 unspecified atom stereocenters. The summed E-state index contributed by atoms with van der Waals surface area (Å²) in [7, 11) is 0. The van der Waals surface area contributed by atoms with Gasteiger partial charge in [-0.2, -0.15) is 5.10 Å². The van der Waals surface area contributed by atoms with Gasteiger partial charge in [0.1, 0.15) is 11.4 Å². The number of piperazine rings is 1. The van der Waals surface area contributed by atoms with E-state index >= 15 is 0 Å². The largest absolute Gasteiger partial charge is 0.444 e. The van der Waals surface area contributed by atoms with Crippen LogP contribution in [0.1, 0.15) is 87.3 Å². The van der Waals surface area contributed by atoms with E-state index in [-0.39, 0.29) is 34.3 Å². The third kappa shape index (κ3) is 8.41. The van der Waals surface area contributed by atoms with Crippen LogP contribution in [0.15, 0.2) is 47.3 Å². The Hall–Kier alpha value is -4.36. The summed E-state index contributed by atoms with van der Waals surface area (Å²) in [6, 6.07) is 11.7. The van der Waals surface area contributed by atoms with E-state index in [1.807, 2.05) is 37.8 Å². The van der Waals surface area contributed by atoms with Crippen LogP contribution in [0.25, 0.3) is 10.8 Å². The molecule has 2 bridgehead atoms. The maximum absolute atomic E-state index is 15.0. The fourth-order valence-corrected chi connectivity index (χ4v) is 8.55. The van der Waals surface area contributed by atoms with Crippen molar-refractivity contribution in [3.63, 3.8) is 0 Å². The molecule has 4 aliphatic heterocycles. The minimum Gasteiger partial charge on any atom is -0.444 e. The molecule has 284 valence electrons. The Morgan fingerprint density at radius 2 is 1.64 bits per heavy atom. The first-order valence-corrected chi connectivity index (χ1v) is 19.0.